The molecule has 2 aromatic heterocycles. The Labute approximate surface area is 125 Å². The molecule has 0 aromatic carbocycles. The highest BCUT2D eigenvalue weighted by atomic mass is 15.3. The van der Waals surface area contributed by atoms with E-state index in [0.717, 1.165) is 17.4 Å². The van der Waals surface area contributed by atoms with E-state index in [4.69, 9.17) is 5.84 Å². The lowest BCUT2D eigenvalue weighted by molar-refractivity contribution is 0.318. The van der Waals surface area contributed by atoms with Crippen molar-refractivity contribution in [1.29, 1.82) is 0 Å². The Morgan fingerprint density at radius 3 is 2.86 bits per heavy atom. The van der Waals surface area contributed by atoms with Gasteiger partial charge in [-0.3, -0.25) is 0 Å². The Balaban J connectivity index is 1.72. The standard InChI is InChI=1S/C15H24N6/c1-2-3-11-4-6-12(7-5-11)18-14-15-17-8-9-21(15)10-13(19-14)20-16/h8-12,20H,2-7,16H2,1H3,(H,18,19). The predicted molar refractivity (Wildman–Crippen MR) is 85.1 cm³/mol. The molecule has 0 unspecified atom stereocenters. The van der Waals surface area contributed by atoms with Gasteiger partial charge in [0.25, 0.3) is 0 Å². The van der Waals surface area contributed by atoms with Crippen molar-refractivity contribution in [3.63, 3.8) is 0 Å². The average molecular weight is 288 g/mol. The number of nitrogens with two attached hydrogens (primary N) is 1. The normalized spacial score (nSPS) is 22.4. The van der Waals surface area contributed by atoms with Gasteiger partial charge in [0, 0.05) is 18.4 Å². The van der Waals surface area contributed by atoms with E-state index in [1.165, 1.54) is 38.5 Å². The first-order valence-electron chi connectivity index (χ1n) is 7.87. The van der Waals surface area contributed by atoms with Crippen molar-refractivity contribution >= 4 is 17.3 Å². The fourth-order valence-electron chi connectivity index (χ4n) is 3.30. The number of fused-ring (bicyclic) bond motifs is 1. The molecule has 6 nitrogen and oxygen atoms in total. The van der Waals surface area contributed by atoms with Crippen LogP contribution in [0.5, 0.6) is 0 Å². The van der Waals surface area contributed by atoms with Gasteiger partial charge in [0.1, 0.15) is 0 Å². The maximum absolute atomic E-state index is 5.49. The molecule has 0 aliphatic heterocycles. The number of imidazole rings is 1. The smallest absolute Gasteiger partial charge is 0.180 e. The first kappa shape index (κ1) is 14.1. The monoisotopic (exact) mass is 288 g/mol. The molecule has 2 heterocycles. The van der Waals surface area contributed by atoms with Gasteiger partial charge in [0.15, 0.2) is 17.3 Å². The SMILES string of the molecule is CCCC1CCC(Nc2nc(NN)cn3ccnc23)CC1. The topological polar surface area (TPSA) is 80.3 Å². The molecule has 21 heavy (non-hydrogen) atoms. The van der Waals surface area contributed by atoms with Gasteiger partial charge in [-0.25, -0.2) is 15.8 Å². The Hall–Kier alpha value is -1.82. The third-order valence-electron chi connectivity index (χ3n) is 4.41. The molecular weight excluding hydrogens is 264 g/mol. The van der Waals surface area contributed by atoms with E-state index in [-0.39, 0.29) is 0 Å². The molecule has 4 N–H and O–H groups in total. The fourth-order valence-corrected chi connectivity index (χ4v) is 3.30. The predicted octanol–water partition coefficient (Wildman–Crippen LogP) is 2.79. The van der Waals surface area contributed by atoms with E-state index >= 15 is 0 Å². The summed E-state index contributed by atoms with van der Waals surface area (Å²) < 4.78 is 1.94. The van der Waals surface area contributed by atoms with E-state index in [9.17, 15) is 0 Å². The van der Waals surface area contributed by atoms with Gasteiger partial charge in [-0.15, -0.1) is 0 Å². The van der Waals surface area contributed by atoms with Crippen LogP contribution in [0.25, 0.3) is 5.65 Å². The summed E-state index contributed by atoms with van der Waals surface area (Å²) in [5.41, 5.74) is 3.46. The zero-order valence-electron chi connectivity index (χ0n) is 12.5. The third kappa shape index (κ3) is 3.10. The van der Waals surface area contributed by atoms with Crippen LogP contribution in [0.15, 0.2) is 18.6 Å². The number of hydrogen-bond acceptors (Lipinski definition) is 5. The van der Waals surface area contributed by atoms with Gasteiger partial charge >= 0.3 is 0 Å². The summed E-state index contributed by atoms with van der Waals surface area (Å²) in [6.07, 6.45) is 13.2. The zero-order valence-corrected chi connectivity index (χ0v) is 12.5. The maximum Gasteiger partial charge on any atom is 0.180 e. The van der Waals surface area contributed by atoms with E-state index in [2.05, 4.69) is 27.6 Å². The summed E-state index contributed by atoms with van der Waals surface area (Å²) in [5.74, 6) is 7.85. The van der Waals surface area contributed by atoms with Gasteiger partial charge in [-0.1, -0.05) is 19.8 Å². The molecule has 2 aromatic rings. The highest BCUT2D eigenvalue weighted by molar-refractivity contribution is 5.65. The van der Waals surface area contributed by atoms with Crippen LogP contribution >= 0.6 is 0 Å². The number of nitrogens with zero attached hydrogens (tertiary/aromatic N) is 3. The second-order valence-electron chi connectivity index (χ2n) is 5.93. The number of hydrogen-bond donors (Lipinski definition) is 3. The molecule has 0 amide bonds. The second-order valence-corrected chi connectivity index (χ2v) is 5.93. The minimum absolute atomic E-state index is 0.485. The second kappa shape index (κ2) is 6.30. The van der Waals surface area contributed by atoms with Gasteiger partial charge < -0.3 is 15.1 Å². The van der Waals surface area contributed by atoms with Crippen molar-refractivity contribution in [2.75, 3.05) is 10.7 Å². The molecule has 1 saturated carbocycles. The van der Waals surface area contributed by atoms with Gasteiger partial charge in [0.05, 0.1) is 6.20 Å². The minimum atomic E-state index is 0.485. The third-order valence-corrected chi connectivity index (χ3v) is 4.41. The molecule has 0 radical (unpaired) electrons. The van der Waals surface area contributed by atoms with Crippen LogP contribution in [-0.2, 0) is 0 Å². The molecule has 0 bridgehead atoms. The van der Waals surface area contributed by atoms with Crippen LogP contribution in [0, 0.1) is 5.92 Å². The Bertz CT molecular complexity index is 585. The summed E-state index contributed by atoms with van der Waals surface area (Å²) >= 11 is 0. The first-order valence-corrected chi connectivity index (χ1v) is 7.87. The van der Waals surface area contributed by atoms with E-state index in [1.807, 2.05) is 16.8 Å². The average Bonchev–Trinajstić information content (AvgIpc) is 2.98. The highest BCUT2D eigenvalue weighted by Gasteiger charge is 2.21. The van der Waals surface area contributed by atoms with Crippen LogP contribution in [-0.4, -0.2) is 20.4 Å². The summed E-state index contributed by atoms with van der Waals surface area (Å²) in [7, 11) is 0. The Morgan fingerprint density at radius 1 is 1.33 bits per heavy atom. The molecule has 3 rings (SSSR count). The summed E-state index contributed by atoms with van der Waals surface area (Å²) in [5, 5.41) is 3.56. The van der Waals surface area contributed by atoms with Crippen LogP contribution in [0.2, 0.25) is 0 Å². The molecule has 1 fully saturated rings. The van der Waals surface area contributed by atoms with Gasteiger partial charge in [-0.05, 0) is 31.6 Å². The van der Waals surface area contributed by atoms with Gasteiger partial charge in [0.2, 0.25) is 0 Å². The lowest BCUT2D eigenvalue weighted by atomic mass is 9.83. The van der Waals surface area contributed by atoms with Gasteiger partial charge in [-0.2, -0.15) is 0 Å². The Morgan fingerprint density at radius 2 is 2.14 bits per heavy atom. The molecule has 6 heteroatoms. The molecule has 0 spiro atoms. The fraction of sp³-hybridized carbons (Fsp3) is 0.600. The lowest BCUT2D eigenvalue weighted by Crippen LogP contribution is -2.27. The Kier molecular flexibility index (Phi) is 4.24. The number of rotatable bonds is 5. The first-order chi connectivity index (χ1) is 10.3. The number of nitrogen functional groups attached to an aromatic ring is 1. The summed E-state index contributed by atoms with van der Waals surface area (Å²) in [4.78, 5) is 8.88. The van der Waals surface area contributed by atoms with E-state index < -0.39 is 0 Å². The minimum Gasteiger partial charge on any atom is -0.364 e. The number of hydrazine groups is 1. The quantitative estimate of drug-likeness (QED) is 0.582. The van der Waals surface area contributed by atoms with Crippen LogP contribution in [0.1, 0.15) is 45.4 Å². The molecule has 0 saturated heterocycles. The molecule has 114 valence electrons. The zero-order chi connectivity index (χ0) is 14.7. The van der Waals surface area contributed by atoms with Crippen molar-refractivity contribution in [2.24, 2.45) is 11.8 Å². The van der Waals surface area contributed by atoms with Crippen molar-refractivity contribution in [2.45, 2.75) is 51.5 Å². The van der Waals surface area contributed by atoms with Crippen LogP contribution in [0.4, 0.5) is 11.6 Å². The molecular formula is C15H24N6. The summed E-state index contributed by atoms with van der Waals surface area (Å²) in [6, 6.07) is 0.485. The van der Waals surface area contributed by atoms with Crippen molar-refractivity contribution in [3.05, 3.63) is 18.6 Å². The molecule has 1 aliphatic carbocycles. The van der Waals surface area contributed by atoms with E-state index in [1.54, 1.807) is 6.20 Å². The molecule has 1 aliphatic rings. The lowest BCUT2D eigenvalue weighted by Gasteiger charge is -2.29. The van der Waals surface area contributed by atoms with Crippen molar-refractivity contribution in [1.82, 2.24) is 14.4 Å². The number of anilines is 2. The van der Waals surface area contributed by atoms with E-state index in [0.29, 0.717) is 11.9 Å². The van der Waals surface area contributed by atoms with Crippen LogP contribution < -0.4 is 16.6 Å². The number of aromatic nitrogens is 3. The van der Waals surface area contributed by atoms with Crippen molar-refractivity contribution < 1.29 is 0 Å². The van der Waals surface area contributed by atoms with Crippen LogP contribution in [0.3, 0.4) is 0 Å². The van der Waals surface area contributed by atoms with Crippen molar-refractivity contribution in [3.8, 4) is 0 Å². The largest absolute Gasteiger partial charge is 0.364 e. The highest BCUT2D eigenvalue weighted by Crippen LogP contribution is 2.30. The maximum atomic E-state index is 5.49. The molecule has 0 atom stereocenters. The number of nitrogens with one attached hydrogen (secondary N) is 2. The summed E-state index contributed by atoms with van der Waals surface area (Å²) in [6.45, 7) is 2.27.